The summed E-state index contributed by atoms with van der Waals surface area (Å²) in [6, 6.07) is 10.4. The minimum atomic E-state index is -0.107. The molecular weight excluding hydrogens is 249 g/mol. The van der Waals surface area contributed by atoms with Crippen molar-refractivity contribution in [3.8, 4) is 0 Å². The molecule has 1 nitrogen and oxygen atoms in total. The highest BCUT2D eigenvalue weighted by molar-refractivity contribution is 5.42. The monoisotopic (exact) mass is 271 g/mol. The van der Waals surface area contributed by atoms with Crippen LogP contribution in [0.25, 0.3) is 0 Å². The van der Waals surface area contributed by atoms with E-state index in [1.807, 2.05) is 33.0 Å². The van der Waals surface area contributed by atoms with Gasteiger partial charge in [-0.15, -0.1) is 0 Å². The highest BCUT2D eigenvalue weighted by Crippen LogP contribution is 2.28. The van der Waals surface area contributed by atoms with Crippen LogP contribution in [0, 0.1) is 33.5 Å². The van der Waals surface area contributed by atoms with Crippen molar-refractivity contribution in [3.63, 3.8) is 0 Å². The highest BCUT2D eigenvalue weighted by Gasteiger charge is 2.16. The Morgan fingerprint density at radius 2 is 1.50 bits per heavy atom. The first kappa shape index (κ1) is 14.7. The number of benzene rings is 2. The molecule has 0 radical (unpaired) electrons. The Morgan fingerprint density at radius 1 is 0.900 bits per heavy atom. The lowest BCUT2D eigenvalue weighted by atomic mass is 9.91. The molecule has 0 aliphatic rings. The van der Waals surface area contributed by atoms with Gasteiger partial charge in [0.25, 0.3) is 0 Å². The lowest BCUT2D eigenvalue weighted by molar-refractivity contribution is 0.604. The third-order valence-electron chi connectivity index (χ3n) is 3.83. The molecule has 0 saturated heterocycles. The van der Waals surface area contributed by atoms with E-state index >= 15 is 0 Å². The van der Waals surface area contributed by atoms with Crippen LogP contribution in [-0.4, -0.2) is 7.05 Å². The largest absolute Gasteiger partial charge is 0.309 e. The van der Waals surface area contributed by atoms with Crippen molar-refractivity contribution in [1.29, 1.82) is 0 Å². The highest BCUT2D eigenvalue weighted by atomic mass is 19.1. The van der Waals surface area contributed by atoms with E-state index in [2.05, 4.69) is 37.4 Å². The van der Waals surface area contributed by atoms with Crippen molar-refractivity contribution in [2.45, 2.75) is 33.7 Å². The fourth-order valence-electron chi connectivity index (χ4n) is 2.72. The lowest BCUT2D eigenvalue weighted by Crippen LogP contribution is -2.19. The van der Waals surface area contributed by atoms with Crippen molar-refractivity contribution in [3.05, 3.63) is 69.5 Å². The van der Waals surface area contributed by atoms with Crippen LogP contribution in [0.15, 0.2) is 30.3 Å². The average Bonchev–Trinajstić information content (AvgIpc) is 2.40. The zero-order chi connectivity index (χ0) is 14.9. The summed E-state index contributed by atoms with van der Waals surface area (Å²) in [5.74, 6) is -0.107. The third-order valence-corrected chi connectivity index (χ3v) is 3.83. The van der Waals surface area contributed by atoms with Crippen LogP contribution < -0.4 is 5.32 Å². The quantitative estimate of drug-likeness (QED) is 0.874. The van der Waals surface area contributed by atoms with Crippen molar-refractivity contribution in [2.75, 3.05) is 7.05 Å². The fraction of sp³-hybridized carbons (Fsp3) is 0.333. The van der Waals surface area contributed by atoms with Gasteiger partial charge in [0, 0.05) is 0 Å². The third kappa shape index (κ3) is 2.75. The number of aryl methyl sites for hydroxylation is 4. The van der Waals surface area contributed by atoms with Gasteiger partial charge in [-0.2, -0.15) is 0 Å². The number of hydrogen-bond acceptors (Lipinski definition) is 1. The Morgan fingerprint density at radius 3 is 2.05 bits per heavy atom. The maximum absolute atomic E-state index is 13.8. The Bertz CT molecular complexity index is 608. The van der Waals surface area contributed by atoms with Crippen LogP contribution in [0.4, 0.5) is 4.39 Å². The summed E-state index contributed by atoms with van der Waals surface area (Å²) in [7, 11) is 1.94. The molecule has 2 aromatic rings. The van der Waals surface area contributed by atoms with E-state index in [-0.39, 0.29) is 11.9 Å². The Balaban J connectivity index is 2.55. The summed E-state index contributed by atoms with van der Waals surface area (Å²) in [6.07, 6.45) is 0. The Kier molecular flexibility index (Phi) is 4.24. The standard InChI is InChI=1S/C18H22FN/c1-11-6-7-12(2)16(8-11)18(20-5)15-9-13(3)17(19)14(4)10-15/h6-10,18,20H,1-5H3. The summed E-state index contributed by atoms with van der Waals surface area (Å²) < 4.78 is 13.8. The molecule has 0 aliphatic heterocycles. The van der Waals surface area contributed by atoms with Gasteiger partial charge in [0.05, 0.1) is 6.04 Å². The van der Waals surface area contributed by atoms with E-state index in [9.17, 15) is 4.39 Å². The number of nitrogens with one attached hydrogen (secondary N) is 1. The molecule has 1 atom stereocenters. The first-order chi connectivity index (χ1) is 9.43. The van der Waals surface area contributed by atoms with E-state index < -0.39 is 0 Å². The molecule has 0 fully saturated rings. The zero-order valence-corrected chi connectivity index (χ0v) is 12.8. The molecule has 0 aliphatic carbocycles. The predicted octanol–water partition coefficient (Wildman–Crippen LogP) is 4.37. The number of hydrogen-bond donors (Lipinski definition) is 1. The van der Waals surface area contributed by atoms with Crippen LogP contribution in [0.1, 0.15) is 39.4 Å². The molecule has 2 rings (SSSR count). The first-order valence-corrected chi connectivity index (χ1v) is 6.95. The molecule has 0 saturated carbocycles. The summed E-state index contributed by atoms with van der Waals surface area (Å²) in [4.78, 5) is 0. The van der Waals surface area contributed by atoms with Gasteiger partial charge in [-0.05, 0) is 62.6 Å². The second kappa shape index (κ2) is 5.76. The second-order valence-electron chi connectivity index (χ2n) is 5.55. The number of rotatable bonds is 3. The predicted molar refractivity (Wildman–Crippen MR) is 82.7 cm³/mol. The molecule has 106 valence electrons. The van der Waals surface area contributed by atoms with Gasteiger partial charge in [-0.25, -0.2) is 4.39 Å². The molecule has 2 aromatic carbocycles. The summed E-state index contributed by atoms with van der Waals surface area (Å²) in [5, 5.41) is 3.35. The van der Waals surface area contributed by atoms with Gasteiger partial charge in [0.2, 0.25) is 0 Å². The maximum atomic E-state index is 13.8. The van der Waals surface area contributed by atoms with Crippen LogP contribution in [0.5, 0.6) is 0 Å². The molecule has 0 amide bonds. The lowest BCUT2D eigenvalue weighted by Gasteiger charge is -2.21. The average molecular weight is 271 g/mol. The van der Waals surface area contributed by atoms with Crippen LogP contribution >= 0.6 is 0 Å². The summed E-state index contributed by atoms with van der Waals surface area (Å²) >= 11 is 0. The molecule has 0 heterocycles. The molecule has 1 N–H and O–H groups in total. The van der Waals surface area contributed by atoms with Crippen molar-refractivity contribution in [2.24, 2.45) is 0 Å². The molecular formula is C18H22FN. The molecule has 2 heteroatoms. The van der Waals surface area contributed by atoms with Gasteiger partial charge in [-0.3, -0.25) is 0 Å². The van der Waals surface area contributed by atoms with Crippen LogP contribution in [0.3, 0.4) is 0 Å². The Hall–Kier alpha value is -1.67. The zero-order valence-electron chi connectivity index (χ0n) is 12.8. The second-order valence-corrected chi connectivity index (χ2v) is 5.55. The number of halogens is 1. The molecule has 1 unspecified atom stereocenters. The van der Waals surface area contributed by atoms with Crippen LogP contribution in [0.2, 0.25) is 0 Å². The van der Waals surface area contributed by atoms with Crippen LogP contribution in [-0.2, 0) is 0 Å². The van der Waals surface area contributed by atoms with E-state index in [1.54, 1.807) is 0 Å². The van der Waals surface area contributed by atoms with E-state index in [4.69, 9.17) is 0 Å². The van der Waals surface area contributed by atoms with E-state index in [0.29, 0.717) is 11.1 Å². The molecule has 0 spiro atoms. The van der Waals surface area contributed by atoms with Gasteiger partial charge in [0.1, 0.15) is 5.82 Å². The topological polar surface area (TPSA) is 12.0 Å². The molecule has 0 bridgehead atoms. The SMILES string of the molecule is CNC(c1cc(C)c(F)c(C)c1)c1cc(C)ccc1C. The first-order valence-electron chi connectivity index (χ1n) is 6.95. The summed E-state index contributed by atoms with van der Waals surface area (Å²) in [5.41, 5.74) is 6.24. The van der Waals surface area contributed by atoms with Crippen molar-refractivity contribution >= 4 is 0 Å². The van der Waals surface area contributed by atoms with Gasteiger partial charge in [-0.1, -0.05) is 35.9 Å². The minimum absolute atomic E-state index is 0.0906. The van der Waals surface area contributed by atoms with Gasteiger partial charge >= 0.3 is 0 Å². The fourth-order valence-corrected chi connectivity index (χ4v) is 2.72. The van der Waals surface area contributed by atoms with Crippen molar-refractivity contribution in [1.82, 2.24) is 5.32 Å². The summed E-state index contributed by atoms with van der Waals surface area (Å²) in [6.45, 7) is 7.85. The van der Waals surface area contributed by atoms with Gasteiger partial charge in [0.15, 0.2) is 0 Å². The smallest absolute Gasteiger partial charge is 0.129 e. The Labute approximate surface area is 120 Å². The normalized spacial score (nSPS) is 12.5. The maximum Gasteiger partial charge on any atom is 0.129 e. The minimum Gasteiger partial charge on any atom is -0.309 e. The van der Waals surface area contributed by atoms with Gasteiger partial charge < -0.3 is 5.32 Å². The van der Waals surface area contributed by atoms with Crippen molar-refractivity contribution < 1.29 is 4.39 Å². The van der Waals surface area contributed by atoms with E-state index in [0.717, 1.165) is 5.56 Å². The molecule has 20 heavy (non-hydrogen) atoms. The van der Waals surface area contributed by atoms with E-state index in [1.165, 1.54) is 16.7 Å². The molecule has 0 aromatic heterocycles.